The van der Waals surface area contributed by atoms with Gasteiger partial charge in [0.2, 0.25) is 10.0 Å². The largest absolute Gasteiger partial charge is 0.465 e. The van der Waals surface area contributed by atoms with E-state index in [2.05, 4.69) is 14.4 Å². The molecule has 1 aromatic heterocycles. The van der Waals surface area contributed by atoms with E-state index in [-0.39, 0.29) is 11.4 Å². The van der Waals surface area contributed by atoms with Crippen molar-refractivity contribution in [3.63, 3.8) is 0 Å². The Labute approximate surface area is 157 Å². The van der Waals surface area contributed by atoms with E-state index in [0.29, 0.717) is 11.5 Å². The molecular weight excluding hydrogens is 372 g/mol. The van der Waals surface area contributed by atoms with Crippen LogP contribution in [0, 0.1) is 0 Å². The number of nitrogens with one attached hydrogen (secondary N) is 1. The third-order valence-electron chi connectivity index (χ3n) is 4.59. The van der Waals surface area contributed by atoms with Crippen LogP contribution in [-0.2, 0) is 21.3 Å². The maximum atomic E-state index is 12.4. The van der Waals surface area contributed by atoms with Gasteiger partial charge < -0.3 is 4.74 Å². The lowest BCUT2D eigenvalue weighted by molar-refractivity contribution is 0.0600. The number of rotatable bonds is 6. The monoisotopic (exact) mass is 394 g/mol. The zero-order valence-electron chi connectivity index (χ0n) is 14.6. The highest BCUT2D eigenvalue weighted by Crippen LogP contribution is 2.33. The first kappa shape index (κ1) is 19.0. The Bertz CT molecular complexity index is 854. The third kappa shape index (κ3) is 4.49. The maximum absolute atomic E-state index is 12.4. The van der Waals surface area contributed by atoms with Crippen molar-refractivity contribution in [1.82, 2.24) is 9.71 Å². The number of ether oxygens (including phenoxy) is 1. The summed E-state index contributed by atoms with van der Waals surface area (Å²) in [7, 11) is -2.38. The van der Waals surface area contributed by atoms with Crippen LogP contribution in [0.1, 0.15) is 59.1 Å². The topological polar surface area (TPSA) is 85.4 Å². The second kappa shape index (κ2) is 8.28. The Morgan fingerprint density at radius 3 is 2.58 bits per heavy atom. The SMILES string of the molecule is COC(=O)c1ccc(S(=O)(=O)NCc2nc(C3CCCCC3)cs2)cc1. The molecule has 1 aliphatic rings. The van der Waals surface area contributed by atoms with Crippen LogP contribution < -0.4 is 4.72 Å². The molecular formula is C18H22N2O4S2. The Balaban J connectivity index is 1.63. The number of aromatic nitrogens is 1. The van der Waals surface area contributed by atoms with Crippen molar-refractivity contribution < 1.29 is 17.9 Å². The van der Waals surface area contributed by atoms with Crippen LogP contribution in [-0.4, -0.2) is 26.5 Å². The first-order valence-electron chi connectivity index (χ1n) is 8.62. The molecule has 0 bridgehead atoms. The third-order valence-corrected chi connectivity index (χ3v) is 6.88. The van der Waals surface area contributed by atoms with Gasteiger partial charge in [0.1, 0.15) is 5.01 Å². The first-order chi connectivity index (χ1) is 12.5. The van der Waals surface area contributed by atoms with Crippen molar-refractivity contribution in [2.75, 3.05) is 7.11 Å². The molecule has 0 saturated heterocycles. The van der Waals surface area contributed by atoms with Gasteiger partial charge in [-0.1, -0.05) is 19.3 Å². The molecule has 1 aromatic carbocycles. The number of hydrogen-bond donors (Lipinski definition) is 1. The fourth-order valence-corrected chi connectivity index (χ4v) is 5.01. The first-order valence-corrected chi connectivity index (χ1v) is 11.0. The molecule has 0 atom stereocenters. The van der Waals surface area contributed by atoms with Crippen molar-refractivity contribution in [2.45, 2.75) is 49.5 Å². The lowest BCUT2D eigenvalue weighted by Crippen LogP contribution is -2.23. The Morgan fingerprint density at radius 1 is 1.23 bits per heavy atom. The molecule has 0 aliphatic heterocycles. The minimum Gasteiger partial charge on any atom is -0.465 e. The average molecular weight is 395 g/mol. The summed E-state index contributed by atoms with van der Waals surface area (Å²) in [6.45, 7) is 0.165. The Kier molecular flexibility index (Phi) is 6.05. The maximum Gasteiger partial charge on any atom is 0.337 e. The van der Waals surface area contributed by atoms with Crippen LogP contribution in [0.2, 0.25) is 0 Å². The van der Waals surface area contributed by atoms with E-state index < -0.39 is 16.0 Å². The smallest absolute Gasteiger partial charge is 0.337 e. The summed E-state index contributed by atoms with van der Waals surface area (Å²) >= 11 is 1.49. The molecule has 1 N–H and O–H groups in total. The van der Waals surface area contributed by atoms with Crippen molar-refractivity contribution >= 4 is 27.3 Å². The van der Waals surface area contributed by atoms with Crippen molar-refractivity contribution in [3.05, 3.63) is 45.9 Å². The summed E-state index contributed by atoms with van der Waals surface area (Å²) in [5.74, 6) is 0.0103. The molecule has 0 spiro atoms. The van der Waals surface area contributed by atoms with Crippen molar-refractivity contribution in [1.29, 1.82) is 0 Å². The van der Waals surface area contributed by atoms with Gasteiger partial charge in [-0.3, -0.25) is 0 Å². The molecule has 1 heterocycles. The standard InChI is InChI=1S/C18H22N2O4S2/c1-24-18(21)14-7-9-15(10-8-14)26(22,23)19-11-17-20-16(12-25-17)13-5-3-2-4-6-13/h7-10,12-13,19H,2-6,11H2,1H3. The number of thiazole rings is 1. The number of methoxy groups -OCH3 is 1. The molecule has 140 valence electrons. The summed E-state index contributed by atoms with van der Waals surface area (Å²) in [6.07, 6.45) is 6.11. The van der Waals surface area contributed by atoms with E-state index in [9.17, 15) is 13.2 Å². The summed E-state index contributed by atoms with van der Waals surface area (Å²) in [5, 5.41) is 2.81. The lowest BCUT2D eigenvalue weighted by atomic mass is 9.87. The zero-order chi connectivity index (χ0) is 18.6. The molecule has 1 saturated carbocycles. The van der Waals surface area contributed by atoms with Crippen molar-refractivity contribution in [3.8, 4) is 0 Å². The molecule has 0 amide bonds. The van der Waals surface area contributed by atoms with Crippen LogP contribution >= 0.6 is 11.3 Å². The number of carbonyl (C=O) groups is 1. The molecule has 6 nitrogen and oxygen atoms in total. The highest BCUT2D eigenvalue weighted by Gasteiger charge is 2.19. The predicted octanol–water partition coefficient (Wildman–Crippen LogP) is 3.46. The number of carbonyl (C=O) groups excluding carboxylic acids is 1. The fraction of sp³-hybridized carbons (Fsp3) is 0.444. The van der Waals surface area contributed by atoms with E-state index in [4.69, 9.17) is 0 Å². The van der Waals surface area contributed by atoms with Gasteiger partial charge in [0, 0.05) is 11.3 Å². The zero-order valence-corrected chi connectivity index (χ0v) is 16.2. The fourth-order valence-electron chi connectivity index (χ4n) is 3.12. The quantitative estimate of drug-likeness (QED) is 0.759. The molecule has 8 heteroatoms. The molecule has 1 aliphatic carbocycles. The average Bonchev–Trinajstić information content (AvgIpc) is 3.16. The highest BCUT2D eigenvalue weighted by atomic mass is 32.2. The van der Waals surface area contributed by atoms with Crippen LogP contribution in [0.5, 0.6) is 0 Å². The van der Waals surface area contributed by atoms with Crippen LogP contribution in [0.15, 0.2) is 34.5 Å². The van der Waals surface area contributed by atoms with Crippen LogP contribution in [0.25, 0.3) is 0 Å². The lowest BCUT2D eigenvalue weighted by Gasteiger charge is -2.19. The van der Waals surface area contributed by atoms with Crippen molar-refractivity contribution in [2.24, 2.45) is 0 Å². The Hall–Kier alpha value is -1.77. The minimum atomic E-state index is -3.66. The van der Waals surface area contributed by atoms with Gasteiger partial charge in [-0.15, -0.1) is 11.3 Å². The van der Waals surface area contributed by atoms with Gasteiger partial charge in [0.05, 0.1) is 29.8 Å². The highest BCUT2D eigenvalue weighted by molar-refractivity contribution is 7.89. The van der Waals surface area contributed by atoms with Gasteiger partial charge in [-0.05, 0) is 37.1 Å². The summed E-state index contributed by atoms with van der Waals surface area (Å²) in [5.41, 5.74) is 1.40. The van der Waals surface area contributed by atoms with Gasteiger partial charge in [-0.25, -0.2) is 22.9 Å². The number of hydrogen-bond acceptors (Lipinski definition) is 6. The normalized spacial score (nSPS) is 15.7. The molecule has 26 heavy (non-hydrogen) atoms. The molecule has 2 aromatic rings. The Morgan fingerprint density at radius 2 is 1.92 bits per heavy atom. The summed E-state index contributed by atoms with van der Waals surface area (Å²) in [6, 6.07) is 5.66. The molecule has 0 unspecified atom stereocenters. The molecule has 0 radical (unpaired) electrons. The molecule has 1 fully saturated rings. The van der Waals surface area contributed by atoms with E-state index in [1.807, 2.05) is 5.38 Å². The van der Waals surface area contributed by atoms with Gasteiger partial charge in [0.25, 0.3) is 0 Å². The van der Waals surface area contributed by atoms with Crippen LogP contribution in [0.4, 0.5) is 0 Å². The number of benzene rings is 1. The van der Waals surface area contributed by atoms with Gasteiger partial charge >= 0.3 is 5.97 Å². The number of esters is 1. The van der Waals surface area contributed by atoms with E-state index >= 15 is 0 Å². The molecule has 3 rings (SSSR count). The van der Waals surface area contributed by atoms with E-state index in [1.54, 1.807) is 0 Å². The van der Waals surface area contributed by atoms with E-state index in [1.165, 1.54) is 74.8 Å². The second-order valence-corrected chi connectivity index (χ2v) is 9.05. The van der Waals surface area contributed by atoms with Gasteiger partial charge in [0.15, 0.2) is 0 Å². The van der Waals surface area contributed by atoms with Gasteiger partial charge in [-0.2, -0.15) is 0 Å². The predicted molar refractivity (Wildman–Crippen MR) is 99.7 cm³/mol. The summed E-state index contributed by atoms with van der Waals surface area (Å²) < 4.78 is 32.0. The number of sulfonamides is 1. The number of nitrogens with zero attached hydrogens (tertiary/aromatic N) is 1. The summed E-state index contributed by atoms with van der Waals surface area (Å²) in [4.78, 5) is 16.1. The minimum absolute atomic E-state index is 0.106. The van der Waals surface area contributed by atoms with Crippen LogP contribution in [0.3, 0.4) is 0 Å². The second-order valence-electron chi connectivity index (χ2n) is 6.34. The van der Waals surface area contributed by atoms with E-state index in [0.717, 1.165) is 10.7 Å².